The fourth-order valence-corrected chi connectivity index (χ4v) is 2.56. The van der Waals surface area contributed by atoms with Gasteiger partial charge in [0.1, 0.15) is 5.82 Å². The second-order valence-corrected chi connectivity index (χ2v) is 5.40. The summed E-state index contributed by atoms with van der Waals surface area (Å²) in [5.41, 5.74) is 1.11. The fraction of sp³-hybridized carbons (Fsp3) is 0.533. The fourth-order valence-electron chi connectivity index (χ4n) is 2.56. The standard InChI is InChI=1S/C15H20FNO2/c1-10-6-12(8-13(16)7-10)15(19)17-9-11-2-4-14(18)5-3-11/h6-8,11,14,18H,2-5,9H2,1H3,(H,17,19). The second kappa shape index (κ2) is 6.15. The highest BCUT2D eigenvalue weighted by Crippen LogP contribution is 2.23. The van der Waals surface area contributed by atoms with E-state index in [1.54, 1.807) is 13.0 Å². The molecule has 2 rings (SSSR count). The third-order valence-corrected chi connectivity index (χ3v) is 3.67. The van der Waals surface area contributed by atoms with Gasteiger partial charge in [0.25, 0.3) is 5.91 Å². The third kappa shape index (κ3) is 4.03. The first-order valence-electron chi connectivity index (χ1n) is 6.78. The van der Waals surface area contributed by atoms with Gasteiger partial charge in [0.15, 0.2) is 0 Å². The molecule has 3 nitrogen and oxygen atoms in total. The molecule has 4 heteroatoms. The number of rotatable bonds is 3. The molecule has 1 amide bonds. The quantitative estimate of drug-likeness (QED) is 0.881. The van der Waals surface area contributed by atoms with Crippen LogP contribution in [0, 0.1) is 18.7 Å². The van der Waals surface area contributed by atoms with Crippen molar-refractivity contribution < 1.29 is 14.3 Å². The highest BCUT2D eigenvalue weighted by atomic mass is 19.1. The van der Waals surface area contributed by atoms with E-state index in [1.165, 1.54) is 12.1 Å². The molecule has 0 spiro atoms. The average Bonchev–Trinajstić information content (AvgIpc) is 2.36. The van der Waals surface area contributed by atoms with Crippen LogP contribution in [0.15, 0.2) is 18.2 Å². The lowest BCUT2D eigenvalue weighted by Gasteiger charge is -2.25. The number of carbonyl (C=O) groups excluding carboxylic acids is 1. The van der Waals surface area contributed by atoms with Crippen LogP contribution in [-0.2, 0) is 0 Å². The molecule has 1 aromatic carbocycles. The largest absolute Gasteiger partial charge is 0.393 e. The highest BCUT2D eigenvalue weighted by Gasteiger charge is 2.20. The van der Waals surface area contributed by atoms with Crippen molar-refractivity contribution >= 4 is 5.91 Å². The summed E-state index contributed by atoms with van der Waals surface area (Å²) >= 11 is 0. The Morgan fingerprint density at radius 1 is 1.32 bits per heavy atom. The van der Waals surface area contributed by atoms with Crippen molar-refractivity contribution in [2.45, 2.75) is 38.7 Å². The van der Waals surface area contributed by atoms with Crippen molar-refractivity contribution in [3.8, 4) is 0 Å². The van der Waals surface area contributed by atoms with Gasteiger partial charge in [0, 0.05) is 12.1 Å². The first-order chi connectivity index (χ1) is 9.04. The van der Waals surface area contributed by atoms with E-state index >= 15 is 0 Å². The maximum absolute atomic E-state index is 13.2. The van der Waals surface area contributed by atoms with Gasteiger partial charge in [-0.25, -0.2) is 4.39 Å². The van der Waals surface area contributed by atoms with Gasteiger partial charge in [-0.2, -0.15) is 0 Å². The zero-order valence-corrected chi connectivity index (χ0v) is 11.2. The predicted octanol–water partition coefficient (Wildman–Crippen LogP) is 2.42. The number of halogens is 1. The molecule has 0 saturated heterocycles. The van der Waals surface area contributed by atoms with Gasteiger partial charge in [-0.3, -0.25) is 4.79 Å². The number of aliphatic hydroxyl groups excluding tert-OH is 1. The lowest BCUT2D eigenvalue weighted by atomic mass is 9.87. The molecule has 104 valence electrons. The number of nitrogens with one attached hydrogen (secondary N) is 1. The van der Waals surface area contributed by atoms with Crippen LogP contribution in [0.2, 0.25) is 0 Å². The van der Waals surface area contributed by atoms with Gasteiger partial charge in [-0.05, 0) is 62.3 Å². The predicted molar refractivity (Wildman–Crippen MR) is 71.4 cm³/mol. The zero-order chi connectivity index (χ0) is 13.8. The Labute approximate surface area is 112 Å². The molecule has 0 bridgehead atoms. The number of hydrogen-bond acceptors (Lipinski definition) is 2. The summed E-state index contributed by atoms with van der Waals surface area (Å²) in [5, 5.41) is 12.3. The Balaban J connectivity index is 1.87. The smallest absolute Gasteiger partial charge is 0.251 e. The van der Waals surface area contributed by atoms with E-state index in [1.807, 2.05) is 0 Å². The van der Waals surface area contributed by atoms with Crippen molar-refractivity contribution in [2.24, 2.45) is 5.92 Å². The molecule has 2 N–H and O–H groups in total. The molecule has 0 radical (unpaired) electrons. The molecule has 1 aromatic rings. The summed E-state index contributed by atoms with van der Waals surface area (Å²) in [4.78, 5) is 11.9. The van der Waals surface area contributed by atoms with E-state index in [-0.39, 0.29) is 17.8 Å². The van der Waals surface area contributed by atoms with Crippen LogP contribution < -0.4 is 5.32 Å². The maximum atomic E-state index is 13.2. The van der Waals surface area contributed by atoms with E-state index < -0.39 is 0 Å². The molecule has 1 fully saturated rings. The summed E-state index contributed by atoms with van der Waals surface area (Å²) < 4.78 is 13.2. The van der Waals surface area contributed by atoms with Crippen molar-refractivity contribution in [1.82, 2.24) is 5.32 Å². The Morgan fingerprint density at radius 2 is 2.00 bits per heavy atom. The van der Waals surface area contributed by atoms with Gasteiger partial charge in [-0.15, -0.1) is 0 Å². The van der Waals surface area contributed by atoms with E-state index in [4.69, 9.17) is 0 Å². The zero-order valence-electron chi connectivity index (χ0n) is 11.2. The topological polar surface area (TPSA) is 49.3 Å². The molecule has 0 atom stereocenters. The normalized spacial score (nSPS) is 23.1. The highest BCUT2D eigenvalue weighted by molar-refractivity contribution is 5.94. The van der Waals surface area contributed by atoms with Crippen molar-refractivity contribution in [3.63, 3.8) is 0 Å². The minimum absolute atomic E-state index is 0.183. The molecular formula is C15H20FNO2. The lowest BCUT2D eigenvalue weighted by molar-refractivity contribution is 0.0910. The van der Waals surface area contributed by atoms with Crippen LogP contribution in [0.25, 0.3) is 0 Å². The Bertz CT molecular complexity index is 433. The van der Waals surface area contributed by atoms with Gasteiger partial charge in [0.2, 0.25) is 0 Å². The van der Waals surface area contributed by atoms with Crippen LogP contribution >= 0.6 is 0 Å². The van der Waals surface area contributed by atoms with E-state index in [0.29, 0.717) is 18.0 Å². The summed E-state index contributed by atoms with van der Waals surface area (Å²) in [6, 6.07) is 4.34. The maximum Gasteiger partial charge on any atom is 0.251 e. The van der Waals surface area contributed by atoms with E-state index in [0.717, 1.165) is 31.2 Å². The number of benzene rings is 1. The van der Waals surface area contributed by atoms with Crippen molar-refractivity contribution in [3.05, 3.63) is 35.1 Å². The van der Waals surface area contributed by atoms with Gasteiger partial charge in [-0.1, -0.05) is 0 Å². The number of hydrogen-bond donors (Lipinski definition) is 2. The van der Waals surface area contributed by atoms with Crippen LogP contribution in [-0.4, -0.2) is 23.7 Å². The molecular weight excluding hydrogens is 245 g/mol. The van der Waals surface area contributed by atoms with Crippen LogP contribution in [0.1, 0.15) is 41.6 Å². The molecule has 0 aromatic heterocycles. The molecule has 0 aliphatic heterocycles. The number of carbonyl (C=O) groups is 1. The third-order valence-electron chi connectivity index (χ3n) is 3.67. The van der Waals surface area contributed by atoms with E-state index in [2.05, 4.69) is 5.32 Å². The van der Waals surface area contributed by atoms with Crippen molar-refractivity contribution in [2.75, 3.05) is 6.54 Å². The van der Waals surface area contributed by atoms with Gasteiger partial charge in [0.05, 0.1) is 6.10 Å². The Morgan fingerprint density at radius 3 is 2.63 bits per heavy atom. The average molecular weight is 265 g/mol. The van der Waals surface area contributed by atoms with Crippen LogP contribution in [0.4, 0.5) is 4.39 Å². The van der Waals surface area contributed by atoms with Crippen LogP contribution in [0.3, 0.4) is 0 Å². The summed E-state index contributed by atoms with van der Waals surface area (Å²) in [5.74, 6) is -0.193. The second-order valence-electron chi connectivity index (χ2n) is 5.40. The summed E-state index contributed by atoms with van der Waals surface area (Å²) in [7, 11) is 0. The number of aryl methyl sites for hydroxylation is 1. The minimum atomic E-state index is -0.383. The van der Waals surface area contributed by atoms with Gasteiger partial charge >= 0.3 is 0 Å². The Kier molecular flexibility index (Phi) is 4.53. The minimum Gasteiger partial charge on any atom is -0.393 e. The molecule has 0 unspecified atom stereocenters. The molecule has 1 saturated carbocycles. The monoisotopic (exact) mass is 265 g/mol. The first kappa shape index (κ1) is 14.0. The molecule has 1 aliphatic rings. The van der Waals surface area contributed by atoms with Gasteiger partial charge < -0.3 is 10.4 Å². The first-order valence-corrected chi connectivity index (χ1v) is 6.78. The van der Waals surface area contributed by atoms with Crippen molar-refractivity contribution in [1.29, 1.82) is 0 Å². The molecule has 19 heavy (non-hydrogen) atoms. The SMILES string of the molecule is Cc1cc(F)cc(C(=O)NCC2CCC(O)CC2)c1. The summed E-state index contributed by atoms with van der Waals surface area (Å²) in [6.07, 6.45) is 3.30. The summed E-state index contributed by atoms with van der Waals surface area (Å²) in [6.45, 7) is 2.36. The number of amides is 1. The van der Waals surface area contributed by atoms with Crippen LogP contribution in [0.5, 0.6) is 0 Å². The molecule has 0 heterocycles. The lowest BCUT2D eigenvalue weighted by Crippen LogP contribution is -2.32. The number of aliphatic hydroxyl groups is 1. The Hall–Kier alpha value is -1.42. The van der Waals surface area contributed by atoms with E-state index in [9.17, 15) is 14.3 Å². The molecule has 1 aliphatic carbocycles.